The van der Waals surface area contributed by atoms with Crippen LogP contribution < -0.4 is 10.2 Å². The van der Waals surface area contributed by atoms with Gasteiger partial charge in [-0.2, -0.15) is 5.10 Å². The molecule has 0 spiro atoms. The fourth-order valence-corrected chi connectivity index (χ4v) is 4.97. The zero-order valence-electron chi connectivity index (χ0n) is 17.7. The number of carbonyl (C=O) groups excluding carboxylic acids is 1. The first kappa shape index (κ1) is 21.2. The molecule has 0 fully saturated rings. The topological polar surface area (TPSA) is 55.6 Å². The van der Waals surface area contributed by atoms with Crippen LogP contribution in [0.1, 0.15) is 32.2 Å². The number of thiophene rings is 1. The van der Waals surface area contributed by atoms with Gasteiger partial charge in [0.25, 0.3) is 5.91 Å². The molecule has 0 aliphatic heterocycles. The molecular formula is C24H22ClN3O2S. The van der Waals surface area contributed by atoms with E-state index in [0.29, 0.717) is 9.90 Å². The SMILES string of the molecule is COc1ccc2c(Cl)c(C(=O)N/N=C/c3cc(C)n(-c4ccc(C)cc4)c3C)sc2c1. The number of benzene rings is 2. The lowest BCUT2D eigenvalue weighted by Gasteiger charge is -2.09. The summed E-state index contributed by atoms with van der Waals surface area (Å²) in [5, 5.41) is 5.42. The molecule has 31 heavy (non-hydrogen) atoms. The largest absolute Gasteiger partial charge is 0.497 e. The normalized spacial score (nSPS) is 11.4. The van der Waals surface area contributed by atoms with Gasteiger partial charge in [-0.15, -0.1) is 11.3 Å². The number of hydrogen-bond donors (Lipinski definition) is 1. The van der Waals surface area contributed by atoms with Crippen molar-refractivity contribution in [2.45, 2.75) is 20.8 Å². The van der Waals surface area contributed by atoms with Gasteiger partial charge in [-0.05, 0) is 57.2 Å². The van der Waals surface area contributed by atoms with Gasteiger partial charge in [0.2, 0.25) is 0 Å². The first-order valence-corrected chi connectivity index (χ1v) is 10.9. The summed E-state index contributed by atoms with van der Waals surface area (Å²) in [6, 6.07) is 16.0. The average Bonchev–Trinajstić information content (AvgIpc) is 3.24. The van der Waals surface area contributed by atoms with Crippen LogP contribution in [0.25, 0.3) is 15.8 Å². The van der Waals surface area contributed by atoms with Crippen molar-refractivity contribution >= 4 is 45.1 Å². The van der Waals surface area contributed by atoms with Gasteiger partial charge in [0.1, 0.15) is 10.6 Å². The number of methoxy groups -OCH3 is 1. The molecule has 4 aromatic rings. The Morgan fingerprint density at radius 3 is 2.58 bits per heavy atom. The maximum Gasteiger partial charge on any atom is 0.283 e. The number of halogens is 1. The molecule has 0 atom stereocenters. The molecule has 0 aliphatic carbocycles. The maximum absolute atomic E-state index is 12.7. The molecule has 0 radical (unpaired) electrons. The van der Waals surface area contributed by atoms with Crippen LogP contribution in [0.5, 0.6) is 5.75 Å². The third-order valence-corrected chi connectivity index (χ3v) is 6.83. The molecule has 0 bridgehead atoms. The van der Waals surface area contributed by atoms with E-state index in [2.05, 4.69) is 46.3 Å². The van der Waals surface area contributed by atoms with E-state index < -0.39 is 0 Å². The second-order valence-corrected chi connectivity index (χ2v) is 8.73. The Bertz CT molecular complexity index is 1300. The van der Waals surface area contributed by atoms with Crippen molar-refractivity contribution in [3.8, 4) is 11.4 Å². The first-order chi connectivity index (χ1) is 14.9. The summed E-state index contributed by atoms with van der Waals surface area (Å²) in [5.41, 5.74) is 7.98. The van der Waals surface area contributed by atoms with Crippen molar-refractivity contribution in [2.24, 2.45) is 5.10 Å². The van der Waals surface area contributed by atoms with Crippen LogP contribution in [0.2, 0.25) is 5.02 Å². The number of nitrogens with one attached hydrogen (secondary N) is 1. The molecule has 2 aromatic heterocycles. The quantitative estimate of drug-likeness (QED) is 0.297. The van der Waals surface area contributed by atoms with Crippen molar-refractivity contribution in [3.05, 3.63) is 80.9 Å². The van der Waals surface area contributed by atoms with Crippen molar-refractivity contribution in [1.82, 2.24) is 9.99 Å². The van der Waals surface area contributed by atoms with Crippen LogP contribution in [-0.4, -0.2) is 23.8 Å². The van der Waals surface area contributed by atoms with Crippen molar-refractivity contribution in [3.63, 3.8) is 0 Å². The summed E-state index contributed by atoms with van der Waals surface area (Å²) >= 11 is 7.74. The van der Waals surface area contributed by atoms with E-state index in [0.717, 1.165) is 38.5 Å². The molecule has 0 saturated heterocycles. The second-order valence-electron chi connectivity index (χ2n) is 7.30. The molecule has 0 unspecified atom stereocenters. The lowest BCUT2D eigenvalue weighted by molar-refractivity contribution is 0.0959. The molecule has 0 saturated carbocycles. The summed E-state index contributed by atoms with van der Waals surface area (Å²) in [5.74, 6) is 0.382. The Morgan fingerprint density at radius 2 is 1.87 bits per heavy atom. The smallest absolute Gasteiger partial charge is 0.283 e. The van der Waals surface area contributed by atoms with Crippen molar-refractivity contribution in [2.75, 3.05) is 7.11 Å². The molecule has 158 valence electrons. The monoisotopic (exact) mass is 451 g/mol. The average molecular weight is 452 g/mol. The molecule has 2 heterocycles. The lowest BCUT2D eigenvalue weighted by atomic mass is 10.2. The van der Waals surface area contributed by atoms with Crippen LogP contribution >= 0.6 is 22.9 Å². The Morgan fingerprint density at radius 1 is 1.13 bits per heavy atom. The molecule has 7 heteroatoms. The zero-order chi connectivity index (χ0) is 22.1. The van der Waals surface area contributed by atoms with Gasteiger partial charge >= 0.3 is 0 Å². The Hall–Kier alpha value is -3.09. The third-order valence-electron chi connectivity index (χ3n) is 5.18. The second kappa shape index (κ2) is 8.57. The Balaban J connectivity index is 1.54. The Labute approximate surface area is 189 Å². The number of nitrogens with zero attached hydrogens (tertiary/aromatic N) is 2. The molecule has 1 amide bonds. The zero-order valence-corrected chi connectivity index (χ0v) is 19.3. The number of fused-ring (bicyclic) bond motifs is 1. The van der Waals surface area contributed by atoms with E-state index >= 15 is 0 Å². The summed E-state index contributed by atoms with van der Waals surface area (Å²) < 4.78 is 8.30. The number of aryl methyl sites for hydroxylation is 2. The van der Waals surface area contributed by atoms with Gasteiger partial charge < -0.3 is 9.30 Å². The standard InChI is InChI=1S/C24H22ClN3O2S/c1-14-5-7-18(8-6-14)28-15(2)11-17(16(28)3)13-26-27-24(29)23-22(25)20-10-9-19(30-4)12-21(20)31-23/h5-13H,1-4H3,(H,27,29)/b26-13+. The van der Waals surface area contributed by atoms with E-state index in [4.69, 9.17) is 16.3 Å². The number of hydrogen-bond acceptors (Lipinski definition) is 4. The van der Waals surface area contributed by atoms with Gasteiger partial charge in [0.05, 0.1) is 18.3 Å². The molecular weight excluding hydrogens is 430 g/mol. The van der Waals surface area contributed by atoms with Crippen LogP contribution in [0.15, 0.2) is 53.6 Å². The molecule has 5 nitrogen and oxygen atoms in total. The van der Waals surface area contributed by atoms with E-state index in [9.17, 15) is 4.79 Å². The summed E-state index contributed by atoms with van der Waals surface area (Å²) in [6.07, 6.45) is 1.66. The first-order valence-electron chi connectivity index (χ1n) is 9.74. The van der Waals surface area contributed by atoms with Crippen LogP contribution in [-0.2, 0) is 0 Å². The fourth-order valence-electron chi connectivity index (χ4n) is 3.54. The highest BCUT2D eigenvalue weighted by molar-refractivity contribution is 7.21. The van der Waals surface area contributed by atoms with Crippen LogP contribution in [0.3, 0.4) is 0 Å². The lowest BCUT2D eigenvalue weighted by Crippen LogP contribution is -2.16. The third kappa shape index (κ3) is 4.09. The highest BCUT2D eigenvalue weighted by atomic mass is 35.5. The van der Waals surface area contributed by atoms with E-state index in [1.807, 2.05) is 38.1 Å². The van der Waals surface area contributed by atoms with Gasteiger partial charge in [-0.1, -0.05) is 29.3 Å². The number of rotatable bonds is 5. The molecule has 1 N–H and O–H groups in total. The number of ether oxygens (including phenoxy) is 1. The summed E-state index contributed by atoms with van der Waals surface area (Å²) in [6.45, 7) is 6.15. The minimum Gasteiger partial charge on any atom is -0.497 e. The van der Waals surface area contributed by atoms with Gasteiger partial charge in [-0.25, -0.2) is 5.43 Å². The number of carbonyl (C=O) groups is 1. The highest BCUT2D eigenvalue weighted by Gasteiger charge is 2.17. The molecule has 4 rings (SSSR count). The van der Waals surface area contributed by atoms with Crippen LogP contribution in [0, 0.1) is 20.8 Å². The predicted molar refractivity (Wildman–Crippen MR) is 128 cm³/mol. The molecule has 2 aromatic carbocycles. The fraction of sp³-hybridized carbons (Fsp3) is 0.167. The van der Waals surface area contributed by atoms with Crippen LogP contribution in [0.4, 0.5) is 0 Å². The number of aromatic nitrogens is 1. The minimum atomic E-state index is -0.339. The van der Waals surface area contributed by atoms with Crippen molar-refractivity contribution in [1.29, 1.82) is 0 Å². The van der Waals surface area contributed by atoms with E-state index in [-0.39, 0.29) is 5.91 Å². The van der Waals surface area contributed by atoms with Gasteiger partial charge in [0.15, 0.2) is 0 Å². The van der Waals surface area contributed by atoms with E-state index in [1.54, 1.807) is 13.3 Å². The van der Waals surface area contributed by atoms with Crippen molar-refractivity contribution < 1.29 is 9.53 Å². The highest BCUT2D eigenvalue weighted by Crippen LogP contribution is 2.37. The predicted octanol–water partition coefficient (Wildman–Crippen LogP) is 6.04. The van der Waals surface area contributed by atoms with E-state index in [1.165, 1.54) is 16.9 Å². The minimum absolute atomic E-state index is 0.339. The number of hydrazone groups is 1. The maximum atomic E-state index is 12.7. The number of amides is 1. The summed E-state index contributed by atoms with van der Waals surface area (Å²) in [7, 11) is 1.61. The van der Waals surface area contributed by atoms with Gasteiger partial charge in [0, 0.05) is 32.7 Å². The summed E-state index contributed by atoms with van der Waals surface area (Å²) in [4.78, 5) is 13.1. The van der Waals surface area contributed by atoms with Gasteiger partial charge in [-0.3, -0.25) is 4.79 Å². The molecule has 0 aliphatic rings. The Kier molecular flexibility index (Phi) is 5.85.